The smallest absolute Gasteiger partial charge is 0.243 e. The summed E-state index contributed by atoms with van der Waals surface area (Å²) in [5, 5.41) is 17.5. The van der Waals surface area contributed by atoms with E-state index in [2.05, 4.69) is 0 Å². The van der Waals surface area contributed by atoms with Crippen LogP contribution in [0.1, 0.15) is 0 Å². The van der Waals surface area contributed by atoms with Crippen molar-refractivity contribution in [1.29, 1.82) is 0 Å². The van der Waals surface area contributed by atoms with E-state index in [1.807, 2.05) is 4.72 Å². The predicted molar refractivity (Wildman–Crippen MR) is 59.1 cm³/mol. The number of aliphatic hydroxyl groups is 2. The maximum Gasteiger partial charge on any atom is 0.243 e. The first-order chi connectivity index (χ1) is 8.29. The van der Waals surface area contributed by atoms with Crippen molar-refractivity contribution in [2.45, 2.75) is 11.0 Å². The van der Waals surface area contributed by atoms with Gasteiger partial charge in [0.15, 0.2) is 5.82 Å². The molecule has 1 unspecified atom stereocenters. The highest BCUT2D eigenvalue weighted by Crippen LogP contribution is 2.22. The van der Waals surface area contributed by atoms with Crippen molar-refractivity contribution in [3.63, 3.8) is 0 Å². The first-order valence-electron chi connectivity index (χ1n) is 4.81. The van der Waals surface area contributed by atoms with E-state index >= 15 is 0 Å². The highest BCUT2D eigenvalue weighted by molar-refractivity contribution is 7.89. The maximum absolute atomic E-state index is 13.5. The third kappa shape index (κ3) is 3.13. The summed E-state index contributed by atoms with van der Waals surface area (Å²) in [4.78, 5) is -0.827. The zero-order valence-corrected chi connectivity index (χ0v) is 9.92. The molecule has 6 nitrogen and oxygen atoms in total. The van der Waals surface area contributed by atoms with Crippen LogP contribution in [-0.2, 0) is 10.0 Å². The Balaban J connectivity index is 3.03. The third-order valence-corrected chi connectivity index (χ3v) is 3.54. The molecule has 102 valence electrons. The normalized spacial score (nSPS) is 13.6. The molecule has 0 spiro atoms. The summed E-state index contributed by atoms with van der Waals surface area (Å²) in [6.07, 6.45) is -1.32. The van der Waals surface area contributed by atoms with E-state index in [-0.39, 0.29) is 0 Å². The number of aliphatic hydroxyl groups excluding tert-OH is 2. The molecule has 0 bridgehead atoms. The van der Waals surface area contributed by atoms with Crippen LogP contribution in [0, 0.1) is 11.6 Å². The fraction of sp³-hybridized carbons (Fsp3) is 0.333. The minimum atomic E-state index is -4.28. The van der Waals surface area contributed by atoms with Crippen LogP contribution in [-0.4, -0.2) is 37.9 Å². The van der Waals surface area contributed by atoms with Gasteiger partial charge in [-0.3, -0.25) is 0 Å². The van der Waals surface area contributed by atoms with Gasteiger partial charge in [-0.05, 0) is 12.1 Å². The Hall–Kier alpha value is -1.29. The van der Waals surface area contributed by atoms with Crippen LogP contribution >= 0.6 is 0 Å². The molecule has 1 atom stereocenters. The second kappa shape index (κ2) is 5.57. The number of hydrogen-bond acceptors (Lipinski definition) is 5. The average Bonchev–Trinajstić information content (AvgIpc) is 2.32. The zero-order valence-electron chi connectivity index (χ0n) is 9.10. The number of nitrogens with one attached hydrogen (secondary N) is 1. The van der Waals surface area contributed by atoms with Crippen LogP contribution in [0.5, 0.6) is 0 Å². The van der Waals surface area contributed by atoms with Gasteiger partial charge >= 0.3 is 0 Å². The van der Waals surface area contributed by atoms with Gasteiger partial charge in [-0.15, -0.1) is 0 Å². The molecule has 0 aromatic heterocycles. The Morgan fingerprint density at radius 1 is 1.39 bits per heavy atom. The topological polar surface area (TPSA) is 113 Å². The van der Waals surface area contributed by atoms with Gasteiger partial charge < -0.3 is 15.9 Å². The molecule has 1 aromatic carbocycles. The van der Waals surface area contributed by atoms with Gasteiger partial charge in [0.2, 0.25) is 10.0 Å². The number of rotatable bonds is 5. The largest absolute Gasteiger partial charge is 0.394 e. The number of nitrogen functional groups attached to an aromatic ring is 1. The molecular formula is C9H12F2N2O4S. The van der Waals surface area contributed by atoms with Gasteiger partial charge in [0, 0.05) is 6.54 Å². The van der Waals surface area contributed by atoms with Crippen molar-refractivity contribution in [3.8, 4) is 0 Å². The van der Waals surface area contributed by atoms with Crippen LogP contribution in [0.25, 0.3) is 0 Å². The molecule has 0 saturated heterocycles. The SMILES string of the molecule is Nc1c(F)ccc(S(=O)(=O)NCC(O)CO)c1F. The Labute approximate surface area is 102 Å². The van der Waals surface area contributed by atoms with E-state index in [0.29, 0.717) is 6.07 Å². The lowest BCUT2D eigenvalue weighted by Crippen LogP contribution is -2.34. The van der Waals surface area contributed by atoms with E-state index < -0.39 is 51.5 Å². The highest BCUT2D eigenvalue weighted by Gasteiger charge is 2.23. The van der Waals surface area contributed by atoms with Gasteiger partial charge in [-0.2, -0.15) is 0 Å². The lowest BCUT2D eigenvalue weighted by atomic mass is 10.3. The van der Waals surface area contributed by atoms with Crippen molar-refractivity contribution in [2.24, 2.45) is 0 Å². The molecule has 0 saturated carbocycles. The second-order valence-corrected chi connectivity index (χ2v) is 5.20. The fourth-order valence-electron chi connectivity index (χ4n) is 1.11. The summed E-state index contributed by atoms with van der Waals surface area (Å²) in [5.41, 5.74) is 4.13. The lowest BCUT2D eigenvalue weighted by Gasteiger charge is -2.11. The quantitative estimate of drug-likeness (QED) is 0.527. The van der Waals surface area contributed by atoms with Gasteiger partial charge in [-0.1, -0.05) is 0 Å². The summed E-state index contributed by atoms with van der Waals surface area (Å²) >= 11 is 0. The van der Waals surface area contributed by atoms with Gasteiger partial charge in [0.05, 0.1) is 12.7 Å². The lowest BCUT2D eigenvalue weighted by molar-refractivity contribution is 0.0988. The van der Waals surface area contributed by atoms with Crippen LogP contribution in [0.4, 0.5) is 14.5 Å². The molecule has 18 heavy (non-hydrogen) atoms. The summed E-state index contributed by atoms with van der Waals surface area (Å²) in [6, 6.07) is 1.43. The number of sulfonamides is 1. The van der Waals surface area contributed by atoms with Crippen molar-refractivity contribution in [2.75, 3.05) is 18.9 Å². The number of benzene rings is 1. The molecule has 0 heterocycles. The summed E-state index contributed by atoms with van der Waals surface area (Å²) in [7, 11) is -4.28. The molecule has 9 heteroatoms. The van der Waals surface area contributed by atoms with E-state index in [1.54, 1.807) is 0 Å². The molecule has 0 fully saturated rings. The molecule has 0 aliphatic carbocycles. The summed E-state index contributed by atoms with van der Waals surface area (Å²) in [6.45, 7) is -1.16. The Morgan fingerprint density at radius 2 is 2.00 bits per heavy atom. The molecule has 0 aliphatic rings. The molecule has 0 amide bonds. The van der Waals surface area contributed by atoms with Gasteiger partial charge in [-0.25, -0.2) is 21.9 Å². The van der Waals surface area contributed by atoms with Gasteiger partial charge in [0.1, 0.15) is 16.4 Å². The van der Waals surface area contributed by atoms with Crippen molar-refractivity contribution in [1.82, 2.24) is 4.72 Å². The maximum atomic E-state index is 13.5. The standard InChI is InChI=1S/C9H12F2N2O4S/c10-6-1-2-7(8(11)9(6)12)18(16,17)13-3-5(15)4-14/h1-2,5,13-15H,3-4,12H2. The first-order valence-corrected chi connectivity index (χ1v) is 6.30. The van der Waals surface area contributed by atoms with E-state index in [0.717, 1.165) is 6.07 Å². The van der Waals surface area contributed by atoms with E-state index in [4.69, 9.17) is 15.9 Å². The molecule has 1 rings (SSSR count). The third-order valence-electron chi connectivity index (χ3n) is 2.10. The minimum absolute atomic E-state index is 0.504. The molecule has 0 aliphatic heterocycles. The van der Waals surface area contributed by atoms with Crippen molar-refractivity contribution < 1.29 is 27.4 Å². The molecular weight excluding hydrogens is 270 g/mol. The molecule has 1 aromatic rings. The van der Waals surface area contributed by atoms with Gasteiger partial charge in [0.25, 0.3) is 0 Å². The Morgan fingerprint density at radius 3 is 2.56 bits per heavy atom. The number of anilines is 1. The minimum Gasteiger partial charge on any atom is -0.394 e. The van der Waals surface area contributed by atoms with E-state index in [1.165, 1.54) is 0 Å². The van der Waals surface area contributed by atoms with E-state index in [9.17, 15) is 17.2 Å². The zero-order chi connectivity index (χ0) is 13.9. The summed E-state index contributed by atoms with van der Waals surface area (Å²) < 4.78 is 51.4. The van der Waals surface area contributed by atoms with Crippen LogP contribution in [0.2, 0.25) is 0 Å². The Bertz CT molecular complexity index is 536. The average molecular weight is 282 g/mol. The Kier molecular flexibility index (Phi) is 4.57. The monoisotopic (exact) mass is 282 g/mol. The van der Waals surface area contributed by atoms with Crippen LogP contribution in [0.15, 0.2) is 17.0 Å². The second-order valence-electron chi connectivity index (χ2n) is 3.46. The van der Waals surface area contributed by atoms with Crippen LogP contribution < -0.4 is 10.5 Å². The fourth-order valence-corrected chi connectivity index (χ4v) is 2.27. The highest BCUT2D eigenvalue weighted by atomic mass is 32.2. The molecule has 5 N–H and O–H groups in total. The van der Waals surface area contributed by atoms with Crippen molar-refractivity contribution in [3.05, 3.63) is 23.8 Å². The number of hydrogen-bond donors (Lipinski definition) is 4. The van der Waals surface area contributed by atoms with Crippen LogP contribution in [0.3, 0.4) is 0 Å². The molecule has 0 radical (unpaired) electrons. The summed E-state index contributed by atoms with van der Waals surface area (Å²) in [5.74, 6) is -2.47. The first kappa shape index (κ1) is 14.8. The predicted octanol–water partition coefficient (Wildman–Crippen LogP) is -0.822. The van der Waals surface area contributed by atoms with Crippen molar-refractivity contribution >= 4 is 15.7 Å². The number of halogens is 2. The number of nitrogens with two attached hydrogens (primary N) is 1.